The minimum Gasteiger partial charge on any atom is -0.491 e. The summed E-state index contributed by atoms with van der Waals surface area (Å²) in [5.74, 6) is -0.145. The zero-order valence-electron chi connectivity index (χ0n) is 9.51. The van der Waals surface area contributed by atoms with Crippen molar-refractivity contribution in [2.24, 2.45) is 0 Å². The number of ether oxygens (including phenoxy) is 1. The van der Waals surface area contributed by atoms with E-state index in [-0.39, 0.29) is 0 Å². The highest BCUT2D eigenvalue weighted by molar-refractivity contribution is 5.92. The van der Waals surface area contributed by atoms with Gasteiger partial charge in [0.05, 0.1) is 12.3 Å². The van der Waals surface area contributed by atoms with E-state index in [9.17, 15) is 14.9 Å². The van der Waals surface area contributed by atoms with Crippen molar-refractivity contribution in [3.05, 3.63) is 34.4 Å². The van der Waals surface area contributed by atoms with Crippen molar-refractivity contribution in [3.8, 4) is 5.75 Å². The Balaban J connectivity index is 2.69. The molecule has 1 amide bonds. The smallest absolute Gasteiger partial charge is 0.296 e. The summed E-state index contributed by atoms with van der Waals surface area (Å²) in [6.45, 7) is 1.75. The van der Waals surface area contributed by atoms with Gasteiger partial charge >= 0.3 is 0 Å². The highest BCUT2D eigenvalue weighted by Gasteiger charge is 2.12. The first-order valence-corrected chi connectivity index (χ1v) is 5.27. The minimum absolute atomic E-state index is 0.452. The van der Waals surface area contributed by atoms with Crippen LogP contribution in [0, 0.1) is 10.1 Å². The first-order valence-electron chi connectivity index (χ1n) is 5.27. The number of nitrogens with zero attached hydrogens (tertiary/aromatic N) is 1. The van der Waals surface area contributed by atoms with Crippen molar-refractivity contribution < 1.29 is 14.5 Å². The molecule has 1 N–H and O–H groups in total. The number of rotatable bonds is 6. The maximum absolute atomic E-state index is 11.2. The summed E-state index contributed by atoms with van der Waals surface area (Å²) < 4.78 is 5.41. The summed E-state index contributed by atoms with van der Waals surface area (Å²) in [5, 5.41) is 12.6. The van der Waals surface area contributed by atoms with Gasteiger partial charge in [0.2, 0.25) is 0 Å². The highest BCUT2D eigenvalue weighted by Crippen LogP contribution is 2.23. The van der Waals surface area contributed by atoms with Crippen LogP contribution in [0.2, 0.25) is 0 Å². The molecule has 0 aliphatic heterocycles. The second kappa shape index (κ2) is 6.47. The highest BCUT2D eigenvalue weighted by atomic mass is 16.6. The Morgan fingerprint density at radius 2 is 2.18 bits per heavy atom. The fourth-order valence-electron chi connectivity index (χ4n) is 1.21. The number of hydrogen-bond donors (Lipinski definition) is 1. The van der Waals surface area contributed by atoms with Gasteiger partial charge in [0.15, 0.2) is 0 Å². The van der Waals surface area contributed by atoms with E-state index in [1.807, 2.05) is 6.92 Å². The summed E-state index contributed by atoms with van der Waals surface area (Å²) >= 11 is 0. The molecule has 0 radical (unpaired) electrons. The van der Waals surface area contributed by atoms with Gasteiger partial charge in [-0.1, -0.05) is 19.1 Å². The predicted molar refractivity (Wildman–Crippen MR) is 62.7 cm³/mol. The Labute approximate surface area is 98.7 Å². The summed E-state index contributed by atoms with van der Waals surface area (Å²) in [7, 11) is 0. The summed E-state index contributed by atoms with van der Waals surface area (Å²) in [6, 6.07) is 6.84. The van der Waals surface area contributed by atoms with Crippen LogP contribution in [0.5, 0.6) is 5.75 Å². The first kappa shape index (κ1) is 13.0. The molecule has 0 heterocycles. The lowest BCUT2D eigenvalue weighted by Gasteiger charge is -2.10. The fraction of sp³-hybridized carbons (Fsp3) is 0.364. The van der Waals surface area contributed by atoms with Crippen LogP contribution >= 0.6 is 0 Å². The number of para-hydroxylation sites is 2. The second-order valence-corrected chi connectivity index (χ2v) is 3.38. The molecule has 1 aromatic carbocycles. The topological polar surface area (TPSA) is 81.5 Å². The van der Waals surface area contributed by atoms with E-state index in [1.165, 1.54) is 0 Å². The van der Waals surface area contributed by atoms with Crippen LogP contribution < -0.4 is 10.1 Å². The Bertz CT molecular complexity index is 406. The molecule has 6 nitrogen and oxygen atoms in total. The van der Waals surface area contributed by atoms with Crippen molar-refractivity contribution in [2.75, 3.05) is 18.5 Å². The molecule has 0 saturated carbocycles. The number of amides is 1. The molecule has 0 saturated heterocycles. The van der Waals surface area contributed by atoms with Crippen LogP contribution in [0.1, 0.15) is 13.3 Å². The predicted octanol–water partition coefficient (Wildman–Crippen LogP) is 1.69. The average Bonchev–Trinajstić information content (AvgIpc) is 2.26. The largest absolute Gasteiger partial charge is 0.491 e. The molecule has 6 heteroatoms. The molecule has 1 aromatic rings. The number of carbonyl (C=O) groups is 1. The zero-order valence-corrected chi connectivity index (χ0v) is 9.51. The number of carbonyl (C=O) groups excluding carboxylic acids is 1. The van der Waals surface area contributed by atoms with E-state index in [1.54, 1.807) is 24.3 Å². The average molecular weight is 238 g/mol. The Hall–Kier alpha value is -2.11. The van der Waals surface area contributed by atoms with E-state index in [0.29, 0.717) is 18.0 Å². The summed E-state index contributed by atoms with van der Waals surface area (Å²) in [5.41, 5.74) is 0.452. The molecular weight excluding hydrogens is 224 g/mol. The molecule has 0 aliphatic rings. The molecule has 0 unspecified atom stereocenters. The Morgan fingerprint density at radius 1 is 1.47 bits per heavy atom. The number of anilines is 1. The van der Waals surface area contributed by atoms with Crippen LogP contribution in [0.15, 0.2) is 24.3 Å². The van der Waals surface area contributed by atoms with Crippen molar-refractivity contribution in [1.82, 2.24) is 0 Å². The third-order valence-corrected chi connectivity index (χ3v) is 1.90. The maximum atomic E-state index is 11.2. The molecule has 0 atom stereocenters. The number of benzene rings is 1. The third-order valence-electron chi connectivity index (χ3n) is 1.90. The van der Waals surface area contributed by atoms with Gasteiger partial charge in [0, 0.05) is 4.92 Å². The van der Waals surface area contributed by atoms with Gasteiger partial charge in [0.25, 0.3) is 12.5 Å². The number of hydrogen-bond acceptors (Lipinski definition) is 4. The molecule has 17 heavy (non-hydrogen) atoms. The van der Waals surface area contributed by atoms with Gasteiger partial charge < -0.3 is 10.1 Å². The van der Waals surface area contributed by atoms with Gasteiger partial charge in [0.1, 0.15) is 5.75 Å². The Morgan fingerprint density at radius 3 is 2.82 bits per heavy atom. The molecule has 0 aliphatic carbocycles. The van der Waals surface area contributed by atoms with E-state index < -0.39 is 17.4 Å². The molecule has 0 fully saturated rings. The molecule has 92 valence electrons. The molecular formula is C11H14N2O4. The normalized spacial score (nSPS) is 9.71. The lowest BCUT2D eigenvalue weighted by Crippen LogP contribution is -2.22. The van der Waals surface area contributed by atoms with Crippen LogP contribution in [-0.4, -0.2) is 24.0 Å². The van der Waals surface area contributed by atoms with Crippen molar-refractivity contribution in [1.29, 1.82) is 0 Å². The first-order chi connectivity index (χ1) is 8.13. The van der Waals surface area contributed by atoms with E-state index in [0.717, 1.165) is 6.42 Å². The maximum Gasteiger partial charge on any atom is 0.296 e. The van der Waals surface area contributed by atoms with Crippen molar-refractivity contribution in [2.45, 2.75) is 13.3 Å². The van der Waals surface area contributed by atoms with E-state index >= 15 is 0 Å². The third kappa shape index (κ3) is 4.50. The van der Waals surface area contributed by atoms with Crippen molar-refractivity contribution in [3.63, 3.8) is 0 Å². The van der Waals surface area contributed by atoms with E-state index in [4.69, 9.17) is 4.74 Å². The zero-order chi connectivity index (χ0) is 12.7. The molecule has 1 rings (SSSR count). The monoisotopic (exact) mass is 238 g/mol. The van der Waals surface area contributed by atoms with Crippen LogP contribution in [0.25, 0.3) is 0 Å². The van der Waals surface area contributed by atoms with Crippen molar-refractivity contribution >= 4 is 11.6 Å². The molecule has 0 spiro atoms. The standard InChI is InChI=1S/C11H14N2O4/c1-2-7-17-10-6-4-3-5-9(10)12-11(14)8-13(15)16/h3-6H,2,7-8H2,1H3,(H,12,14). The minimum atomic E-state index is -0.748. The summed E-state index contributed by atoms with van der Waals surface area (Å²) in [4.78, 5) is 20.7. The quantitative estimate of drug-likeness (QED) is 0.604. The Kier molecular flexibility index (Phi) is 4.93. The second-order valence-electron chi connectivity index (χ2n) is 3.38. The van der Waals surface area contributed by atoms with E-state index in [2.05, 4.69) is 5.32 Å². The van der Waals surface area contributed by atoms with Gasteiger partial charge in [-0.25, -0.2) is 0 Å². The number of nitro groups is 1. The van der Waals surface area contributed by atoms with Gasteiger partial charge in [-0.05, 0) is 18.6 Å². The van der Waals surface area contributed by atoms with Gasteiger partial charge in [-0.3, -0.25) is 14.9 Å². The molecule has 0 bridgehead atoms. The summed E-state index contributed by atoms with van der Waals surface area (Å²) in [6.07, 6.45) is 0.844. The van der Waals surface area contributed by atoms with Gasteiger partial charge in [-0.2, -0.15) is 0 Å². The molecule has 0 aromatic heterocycles. The van der Waals surface area contributed by atoms with Crippen LogP contribution in [-0.2, 0) is 4.79 Å². The number of nitrogens with one attached hydrogen (secondary N) is 1. The fourth-order valence-corrected chi connectivity index (χ4v) is 1.21. The lowest BCUT2D eigenvalue weighted by atomic mass is 10.3. The van der Waals surface area contributed by atoms with Crippen LogP contribution in [0.3, 0.4) is 0 Å². The lowest BCUT2D eigenvalue weighted by molar-refractivity contribution is -0.467. The van der Waals surface area contributed by atoms with Crippen LogP contribution in [0.4, 0.5) is 5.69 Å². The van der Waals surface area contributed by atoms with Gasteiger partial charge in [-0.15, -0.1) is 0 Å². The SMILES string of the molecule is CCCOc1ccccc1NC(=O)C[N+](=O)[O-].